The number of thioether (sulfide) groups is 2. The number of non-ortho nitro benzene ring substituents is 1. The summed E-state index contributed by atoms with van der Waals surface area (Å²) < 4.78 is 13.1. The van der Waals surface area contributed by atoms with Crippen LogP contribution in [0, 0.1) is 16.0 Å². The summed E-state index contributed by atoms with van der Waals surface area (Å²) in [6.45, 7) is 10.1. The van der Waals surface area contributed by atoms with Gasteiger partial charge < -0.3 is 14.3 Å². The summed E-state index contributed by atoms with van der Waals surface area (Å²) in [6.07, 6.45) is -2.46. The molecule has 1 heterocycles. The number of benzene rings is 3. The number of carbonyl (C=O) groups is 2. The summed E-state index contributed by atoms with van der Waals surface area (Å²) in [6, 6.07) is 25.8. The standard InChI is InChI=1S/C33H38N2O7S3Si/c1-6-44-32(43)45-30-27(28(36)34(30)29(37)31(38)41-21-23-17-19-24(20-18-23)35(39)40)22(2)42-46(33(3,4)5,25-13-9-7-10-14-25)26-15-11-8-12-16-26/h7-20,22,27,29-30,37H,6,21H2,1-5H3. The van der Waals surface area contributed by atoms with Gasteiger partial charge in [-0.3, -0.25) is 19.8 Å². The van der Waals surface area contributed by atoms with Gasteiger partial charge >= 0.3 is 5.97 Å². The van der Waals surface area contributed by atoms with Crippen molar-refractivity contribution in [1.29, 1.82) is 0 Å². The Balaban J connectivity index is 1.61. The average molecular weight is 699 g/mol. The van der Waals surface area contributed by atoms with Crippen LogP contribution >= 0.6 is 35.7 Å². The second-order valence-electron chi connectivity index (χ2n) is 11.9. The van der Waals surface area contributed by atoms with Crippen molar-refractivity contribution in [1.82, 2.24) is 4.90 Å². The number of nitro benzene ring substituents is 1. The summed E-state index contributed by atoms with van der Waals surface area (Å²) in [5.41, 5.74) is 0.403. The fourth-order valence-electron chi connectivity index (χ4n) is 5.68. The number of likely N-dealkylation sites (tertiary alicyclic amines) is 1. The highest BCUT2D eigenvalue weighted by molar-refractivity contribution is 8.47. The van der Waals surface area contributed by atoms with Crippen LogP contribution in [-0.4, -0.2) is 62.1 Å². The minimum Gasteiger partial charge on any atom is -0.457 e. The van der Waals surface area contributed by atoms with Crippen LogP contribution < -0.4 is 10.4 Å². The maximum absolute atomic E-state index is 13.8. The average Bonchev–Trinajstić information content (AvgIpc) is 3.02. The lowest BCUT2D eigenvalue weighted by molar-refractivity contribution is -0.384. The molecule has 1 amide bonds. The Kier molecular flexibility index (Phi) is 11.8. The van der Waals surface area contributed by atoms with Gasteiger partial charge in [-0.05, 0) is 45.8 Å². The van der Waals surface area contributed by atoms with Gasteiger partial charge in [-0.15, -0.1) is 11.8 Å². The number of amides is 1. The number of nitrogens with zero attached hydrogens (tertiary/aromatic N) is 2. The highest BCUT2D eigenvalue weighted by atomic mass is 32.2. The lowest BCUT2D eigenvalue weighted by Gasteiger charge is -2.52. The van der Waals surface area contributed by atoms with Crippen molar-refractivity contribution in [3.8, 4) is 0 Å². The summed E-state index contributed by atoms with van der Waals surface area (Å²) in [5, 5.41) is 23.2. The first-order valence-electron chi connectivity index (χ1n) is 14.8. The fraction of sp³-hybridized carbons (Fsp3) is 0.364. The topological polar surface area (TPSA) is 119 Å². The zero-order chi connectivity index (χ0) is 33.6. The molecule has 4 unspecified atom stereocenters. The van der Waals surface area contributed by atoms with E-state index in [-0.39, 0.29) is 17.3 Å². The first-order chi connectivity index (χ1) is 21.8. The smallest absolute Gasteiger partial charge is 0.356 e. The SMILES string of the molecule is CCSC(=S)SC1C(C(C)O[Si](c2ccccc2)(c2ccccc2)C(C)(C)C)C(=O)N1C(O)C(=O)OCc1ccc([N+](=O)[O-])cc1. The van der Waals surface area contributed by atoms with E-state index in [9.17, 15) is 24.8 Å². The Hall–Kier alpha value is -3.07. The van der Waals surface area contributed by atoms with E-state index in [0.29, 0.717) is 9.09 Å². The molecule has 1 aliphatic heterocycles. The third-order valence-electron chi connectivity index (χ3n) is 7.89. The van der Waals surface area contributed by atoms with Gasteiger partial charge in [-0.2, -0.15) is 0 Å². The zero-order valence-electron chi connectivity index (χ0n) is 26.3. The number of ether oxygens (including phenoxy) is 1. The zero-order valence-corrected chi connectivity index (χ0v) is 29.8. The van der Waals surface area contributed by atoms with Gasteiger partial charge in [0, 0.05) is 12.1 Å². The lowest BCUT2D eigenvalue weighted by Crippen LogP contribution is -2.72. The number of carbonyl (C=O) groups excluding carboxylic acids is 2. The molecule has 1 N–H and O–H groups in total. The normalized spacial score (nSPS) is 18.0. The number of hydrogen-bond donors (Lipinski definition) is 1. The molecule has 3 aromatic carbocycles. The van der Waals surface area contributed by atoms with E-state index in [1.54, 1.807) is 0 Å². The van der Waals surface area contributed by atoms with E-state index < -0.39 is 48.7 Å². The Morgan fingerprint density at radius 2 is 1.59 bits per heavy atom. The second kappa shape index (κ2) is 15.2. The van der Waals surface area contributed by atoms with Crippen LogP contribution in [0.15, 0.2) is 84.9 Å². The Morgan fingerprint density at radius 1 is 1.04 bits per heavy atom. The van der Waals surface area contributed by atoms with E-state index >= 15 is 0 Å². The van der Waals surface area contributed by atoms with E-state index in [0.717, 1.165) is 21.0 Å². The fourth-order valence-corrected chi connectivity index (χ4v) is 13.2. The van der Waals surface area contributed by atoms with Crippen molar-refractivity contribution in [2.45, 2.75) is 64.0 Å². The molecule has 4 atom stereocenters. The molecular weight excluding hydrogens is 661 g/mol. The maximum atomic E-state index is 13.8. The van der Waals surface area contributed by atoms with Crippen molar-refractivity contribution in [2.24, 2.45) is 5.92 Å². The molecule has 1 aliphatic rings. The van der Waals surface area contributed by atoms with Crippen LogP contribution in [-0.2, 0) is 25.4 Å². The lowest BCUT2D eigenvalue weighted by atomic mass is 9.92. The summed E-state index contributed by atoms with van der Waals surface area (Å²) in [7, 11) is -3.02. The molecule has 3 aromatic rings. The summed E-state index contributed by atoms with van der Waals surface area (Å²) >= 11 is 8.29. The van der Waals surface area contributed by atoms with Crippen LogP contribution in [0.2, 0.25) is 5.04 Å². The van der Waals surface area contributed by atoms with E-state index in [1.807, 2.05) is 50.2 Å². The number of rotatable bonds is 12. The molecule has 0 spiro atoms. The molecule has 1 fully saturated rings. The minimum atomic E-state index is -3.02. The van der Waals surface area contributed by atoms with Gasteiger partial charge in [0.1, 0.15) is 15.5 Å². The van der Waals surface area contributed by atoms with Crippen molar-refractivity contribution in [3.63, 3.8) is 0 Å². The van der Waals surface area contributed by atoms with Crippen molar-refractivity contribution in [2.75, 3.05) is 5.75 Å². The molecule has 0 saturated carbocycles. The third-order valence-corrected chi connectivity index (χ3v) is 15.8. The predicted molar refractivity (Wildman–Crippen MR) is 190 cm³/mol. The summed E-state index contributed by atoms with van der Waals surface area (Å²) in [4.78, 5) is 38.4. The molecule has 13 heteroatoms. The minimum absolute atomic E-state index is 0.0949. The Bertz CT molecular complexity index is 1500. The highest BCUT2D eigenvalue weighted by Crippen LogP contribution is 2.45. The van der Waals surface area contributed by atoms with Crippen molar-refractivity contribution < 1.29 is 28.8 Å². The van der Waals surface area contributed by atoms with Crippen LogP contribution in [0.1, 0.15) is 40.2 Å². The first-order valence-corrected chi connectivity index (χ1v) is 19.0. The van der Waals surface area contributed by atoms with Crippen LogP contribution in [0.4, 0.5) is 5.69 Å². The summed E-state index contributed by atoms with van der Waals surface area (Å²) in [5.74, 6) is -1.41. The molecule has 4 rings (SSSR count). The largest absolute Gasteiger partial charge is 0.457 e. The number of esters is 1. The second-order valence-corrected chi connectivity index (χ2v) is 19.7. The maximum Gasteiger partial charge on any atom is 0.356 e. The number of nitro groups is 1. The predicted octanol–water partition coefficient (Wildman–Crippen LogP) is 5.48. The van der Waals surface area contributed by atoms with Crippen LogP contribution in [0.3, 0.4) is 0 Å². The molecule has 0 bridgehead atoms. The number of aliphatic hydroxyl groups is 1. The first kappa shape index (κ1) is 35.8. The monoisotopic (exact) mass is 698 g/mol. The Morgan fingerprint density at radius 3 is 2.07 bits per heavy atom. The molecule has 0 aromatic heterocycles. The molecule has 0 aliphatic carbocycles. The van der Waals surface area contributed by atoms with Gasteiger partial charge in [0.15, 0.2) is 0 Å². The van der Waals surface area contributed by atoms with Gasteiger partial charge in [0.2, 0.25) is 12.1 Å². The van der Waals surface area contributed by atoms with E-state index in [1.165, 1.54) is 47.8 Å². The van der Waals surface area contributed by atoms with Crippen molar-refractivity contribution >= 4 is 75.5 Å². The van der Waals surface area contributed by atoms with Gasteiger partial charge in [0.05, 0.1) is 16.9 Å². The molecule has 0 radical (unpaired) electrons. The molecule has 1 saturated heterocycles. The number of hydrogen-bond acceptors (Lipinski definition) is 10. The van der Waals surface area contributed by atoms with E-state index in [2.05, 4.69) is 45.0 Å². The molecule has 244 valence electrons. The van der Waals surface area contributed by atoms with Crippen LogP contribution in [0.25, 0.3) is 0 Å². The number of β-lactam (4-membered cyclic amide) rings is 1. The molecule has 46 heavy (non-hydrogen) atoms. The van der Waals surface area contributed by atoms with E-state index in [4.69, 9.17) is 21.4 Å². The number of aliphatic hydroxyl groups excluding tert-OH is 1. The third kappa shape index (κ3) is 7.56. The Labute approximate surface area is 284 Å². The van der Waals surface area contributed by atoms with Gasteiger partial charge in [-0.1, -0.05) is 112 Å². The number of thiocarbonyl (C=S) groups is 1. The van der Waals surface area contributed by atoms with Crippen molar-refractivity contribution in [3.05, 3.63) is 101 Å². The molecular formula is C33H38N2O7S3Si. The van der Waals surface area contributed by atoms with Gasteiger partial charge in [0.25, 0.3) is 14.0 Å². The van der Waals surface area contributed by atoms with Gasteiger partial charge in [-0.25, -0.2) is 4.79 Å². The van der Waals surface area contributed by atoms with Crippen LogP contribution in [0.5, 0.6) is 0 Å². The quantitative estimate of drug-likeness (QED) is 0.0651. The molecule has 9 nitrogen and oxygen atoms in total. The highest BCUT2D eigenvalue weighted by Gasteiger charge is 2.59.